The van der Waals surface area contributed by atoms with Crippen LogP contribution in [0.1, 0.15) is 50.7 Å². The molecule has 1 N–H and O–H groups in total. The highest BCUT2D eigenvalue weighted by Gasteiger charge is 2.02. The van der Waals surface area contributed by atoms with Crippen LogP contribution < -0.4 is 10.1 Å². The van der Waals surface area contributed by atoms with Gasteiger partial charge in [0.1, 0.15) is 12.4 Å². The molecule has 1 aromatic carbocycles. The van der Waals surface area contributed by atoms with Gasteiger partial charge >= 0.3 is 0 Å². The van der Waals surface area contributed by atoms with Gasteiger partial charge in [0.05, 0.1) is 0 Å². The Balaban J connectivity index is 2.16. The van der Waals surface area contributed by atoms with Crippen molar-refractivity contribution in [1.29, 1.82) is 0 Å². The van der Waals surface area contributed by atoms with E-state index in [1.165, 1.54) is 36.8 Å². The number of unbranched alkanes of at least 4 members (excludes halogenated alkanes) is 2. The minimum absolute atomic E-state index is 0.592. The molecule has 1 aromatic rings. The predicted octanol–water partition coefficient (Wildman–Crippen LogP) is 4.24. The normalized spacial score (nSPS) is 12.4. The highest BCUT2D eigenvalue weighted by molar-refractivity contribution is 5.35. The van der Waals surface area contributed by atoms with Crippen molar-refractivity contribution >= 4 is 0 Å². The van der Waals surface area contributed by atoms with Crippen LogP contribution in [0.4, 0.5) is 0 Å². The Morgan fingerprint density at radius 3 is 2.68 bits per heavy atom. The van der Waals surface area contributed by atoms with Gasteiger partial charge in [0, 0.05) is 12.6 Å². The molecule has 0 aliphatic heterocycles. The number of benzene rings is 1. The standard InChI is InChI=1S/C17H29NO/c1-5-6-7-8-16(4)18-11-12-19-17-10-9-14(2)13-15(17)3/h9-10,13,16,18H,5-8,11-12H2,1-4H3. The molecule has 0 aromatic heterocycles. The topological polar surface area (TPSA) is 21.3 Å². The van der Waals surface area contributed by atoms with E-state index in [0.717, 1.165) is 18.9 Å². The third-order valence-corrected chi connectivity index (χ3v) is 3.42. The Hall–Kier alpha value is -1.02. The van der Waals surface area contributed by atoms with E-state index in [2.05, 4.69) is 51.2 Å². The van der Waals surface area contributed by atoms with Crippen LogP contribution in [0, 0.1) is 13.8 Å². The lowest BCUT2D eigenvalue weighted by Crippen LogP contribution is -2.30. The zero-order valence-corrected chi connectivity index (χ0v) is 13.0. The van der Waals surface area contributed by atoms with Gasteiger partial charge in [0.25, 0.3) is 0 Å². The summed E-state index contributed by atoms with van der Waals surface area (Å²) in [7, 11) is 0. The highest BCUT2D eigenvalue weighted by Crippen LogP contribution is 2.18. The van der Waals surface area contributed by atoms with Crippen molar-refractivity contribution in [2.45, 2.75) is 59.4 Å². The fourth-order valence-electron chi connectivity index (χ4n) is 2.23. The molecular weight excluding hydrogens is 234 g/mol. The maximum atomic E-state index is 5.81. The molecule has 0 bridgehead atoms. The lowest BCUT2D eigenvalue weighted by molar-refractivity contribution is 0.302. The fourth-order valence-corrected chi connectivity index (χ4v) is 2.23. The van der Waals surface area contributed by atoms with Gasteiger partial charge in [-0.3, -0.25) is 0 Å². The van der Waals surface area contributed by atoms with E-state index in [4.69, 9.17) is 4.74 Å². The van der Waals surface area contributed by atoms with E-state index in [9.17, 15) is 0 Å². The number of aryl methyl sites for hydroxylation is 2. The van der Waals surface area contributed by atoms with Crippen LogP contribution in [0.15, 0.2) is 18.2 Å². The minimum atomic E-state index is 0.592. The van der Waals surface area contributed by atoms with Crippen molar-refractivity contribution < 1.29 is 4.74 Å². The molecule has 0 fully saturated rings. The Labute approximate surface area is 118 Å². The molecular formula is C17H29NO. The molecule has 0 aliphatic carbocycles. The van der Waals surface area contributed by atoms with E-state index in [1.54, 1.807) is 0 Å². The molecule has 1 rings (SSSR count). The first kappa shape index (κ1) is 16.0. The maximum absolute atomic E-state index is 5.81. The first-order valence-corrected chi connectivity index (χ1v) is 7.57. The molecule has 19 heavy (non-hydrogen) atoms. The molecule has 1 atom stereocenters. The SMILES string of the molecule is CCCCCC(C)NCCOc1ccc(C)cc1C. The van der Waals surface area contributed by atoms with Crippen molar-refractivity contribution in [2.24, 2.45) is 0 Å². The average Bonchev–Trinajstić information content (AvgIpc) is 2.37. The number of hydrogen-bond acceptors (Lipinski definition) is 2. The molecule has 0 saturated heterocycles. The van der Waals surface area contributed by atoms with Gasteiger partial charge < -0.3 is 10.1 Å². The number of nitrogens with one attached hydrogen (secondary N) is 1. The van der Waals surface area contributed by atoms with Gasteiger partial charge in [0.2, 0.25) is 0 Å². The number of rotatable bonds is 9. The van der Waals surface area contributed by atoms with Gasteiger partial charge in [-0.1, -0.05) is 43.9 Å². The molecule has 2 nitrogen and oxygen atoms in total. The summed E-state index contributed by atoms with van der Waals surface area (Å²) >= 11 is 0. The minimum Gasteiger partial charge on any atom is -0.492 e. The van der Waals surface area contributed by atoms with Crippen LogP contribution in [-0.4, -0.2) is 19.2 Å². The van der Waals surface area contributed by atoms with Crippen molar-refractivity contribution in [1.82, 2.24) is 5.32 Å². The third-order valence-electron chi connectivity index (χ3n) is 3.42. The van der Waals surface area contributed by atoms with Crippen molar-refractivity contribution in [3.05, 3.63) is 29.3 Å². The van der Waals surface area contributed by atoms with E-state index in [1.807, 2.05) is 0 Å². The van der Waals surface area contributed by atoms with Gasteiger partial charge in [-0.2, -0.15) is 0 Å². The highest BCUT2D eigenvalue weighted by atomic mass is 16.5. The lowest BCUT2D eigenvalue weighted by atomic mass is 10.1. The second kappa shape index (κ2) is 8.98. The van der Waals surface area contributed by atoms with Crippen LogP contribution >= 0.6 is 0 Å². The zero-order chi connectivity index (χ0) is 14.1. The monoisotopic (exact) mass is 263 g/mol. The molecule has 0 saturated carbocycles. The summed E-state index contributed by atoms with van der Waals surface area (Å²) in [5.41, 5.74) is 2.50. The molecule has 0 aliphatic rings. The maximum Gasteiger partial charge on any atom is 0.122 e. The Bertz CT molecular complexity index is 362. The smallest absolute Gasteiger partial charge is 0.122 e. The summed E-state index contributed by atoms with van der Waals surface area (Å²) in [6.07, 6.45) is 5.22. The second-order valence-electron chi connectivity index (χ2n) is 5.47. The van der Waals surface area contributed by atoms with Gasteiger partial charge in [-0.05, 0) is 38.8 Å². The second-order valence-corrected chi connectivity index (χ2v) is 5.47. The molecule has 0 spiro atoms. The molecule has 0 heterocycles. The summed E-state index contributed by atoms with van der Waals surface area (Å²) in [5, 5.41) is 3.52. The average molecular weight is 263 g/mol. The first-order valence-electron chi connectivity index (χ1n) is 7.57. The zero-order valence-electron chi connectivity index (χ0n) is 13.0. The summed E-state index contributed by atoms with van der Waals surface area (Å²) < 4.78 is 5.81. The Morgan fingerprint density at radius 1 is 1.21 bits per heavy atom. The quantitative estimate of drug-likeness (QED) is 0.673. The molecule has 1 unspecified atom stereocenters. The van der Waals surface area contributed by atoms with Crippen molar-refractivity contribution in [3.8, 4) is 5.75 Å². The first-order chi connectivity index (χ1) is 9.13. The van der Waals surface area contributed by atoms with Gasteiger partial charge in [0.15, 0.2) is 0 Å². The summed E-state index contributed by atoms with van der Waals surface area (Å²) in [5.74, 6) is 1.01. The van der Waals surface area contributed by atoms with Crippen LogP contribution in [0.3, 0.4) is 0 Å². The molecule has 2 heteroatoms. The molecule has 0 amide bonds. The summed E-state index contributed by atoms with van der Waals surface area (Å²) in [6, 6.07) is 6.92. The van der Waals surface area contributed by atoms with Gasteiger partial charge in [-0.15, -0.1) is 0 Å². The van der Waals surface area contributed by atoms with Crippen LogP contribution in [0.25, 0.3) is 0 Å². The largest absolute Gasteiger partial charge is 0.492 e. The Kier molecular flexibility index (Phi) is 7.57. The van der Waals surface area contributed by atoms with Crippen molar-refractivity contribution in [2.75, 3.05) is 13.2 Å². The lowest BCUT2D eigenvalue weighted by Gasteiger charge is -2.15. The fraction of sp³-hybridized carbons (Fsp3) is 0.647. The van der Waals surface area contributed by atoms with Crippen molar-refractivity contribution in [3.63, 3.8) is 0 Å². The predicted molar refractivity (Wildman–Crippen MR) is 83.0 cm³/mol. The molecule has 108 valence electrons. The van der Waals surface area contributed by atoms with E-state index in [-0.39, 0.29) is 0 Å². The van der Waals surface area contributed by atoms with E-state index >= 15 is 0 Å². The van der Waals surface area contributed by atoms with E-state index < -0.39 is 0 Å². The summed E-state index contributed by atoms with van der Waals surface area (Å²) in [4.78, 5) is 0. The third kappa shape index (κ3) is 6.63. The number of hydrogen-bond donors (Lipinski definition) is 1. The van der Waals surface area contributed by atoms with Crippen LogP contribution in [-0.2, 0) is 0 Å². The number of ether oxygens (including phenoxy) is 1. The van der Waals surface area contributed by atoms with Gasteiger partial charge in [-0.25, -0.2) is 0 Å². The summed E-state index contributed by atoms with van der Waals surface area (Å²) in [6.45, 7) is 10.4. The van der Waals surface area contributed by atoms with Crippen LogP contribution in [0.2, 0.25) is 0 Å². The van der Waals surface area contributed by atoms with Crippen LogP contribution in [0.5, 0.6) is 5.75 Å². The molecule has 0 radical (unpaired) electrons. The Morgan fingerprint density at radius 2 is 2.00 bits per heavy atom. The van der Waals surface area contributed by atoms with E-state index in [0.29, 0.717) is 6.04 Å².